The minimum absolute atomic E-state index is 0.0414. The molecular weight excluding hydrogens is 383 g/mol. The van der Waals surface area contributed by atoms with E-state index in [9.17, 15) is 0 Å². The Morgan fingerprint density at radius 3 is 1.93 bits per heavy atom. The molecule has 29 heavy (non-hydrogen) atoms. The lowest BCUT2D eigenvalue weighted by Gasteiger charge is -2.52. The van der Waals surface area contributed by atoms with Gasteiger partial charge in [-0.15, -0.1) is 6.58 Å². The molecule has 0 aliphatic carbocycles. The van der Waals surface area contributed by atoms with E-state index in [-0.39, 0.29) is 11.1 Å². The highest BCUT2D eigenvalue weighted by atomic mass is 28.3. The Hall–Kier alpha value is -0.581. The van der Waals surface area contributed by atoms with Crippen molar-refractivity contribution in [2.75, 3.05) is 0 Å². The van der Waals surface area contributed by atoms with Gasteiger partial charge in [0.15, 0.2) is 0 Å². The Labute approximate surface area is 182 Å². The topological polar surface area (TPSA) is 9.23 Å². The molecule has 0 aromatic heterocycles. The Kier molecular flexibility index (Phi) is 7.07. The maximum Gasteiger partial charge on any atom is 0.299 e. The fraction of sp³-hybridized carbons (Fsp3) is 0.680. The van der Waals surface area contributed by atoms with Crippen LogP contribution >= 0.6 is 0 Å². The van der Waals surface area contributed by atoms with Gasteiger partial charge in [0.2, 0.25) is 0 Å². The van der Waals surface area contributed by atoms with Crippen molar-refractivity contribution in [1.82, 2.24) is 0 Å². The van der Waals surface area contributed by atoms with Crippen LogP contribution in [0.15, 0.2) is 43.0 Å². The highest BCUT2D eigenvalue weighted by molar-refractivity contribution is 6.80. The van der Waals surface area contributed by atoms with Crippen LogP contribution in [0.5, 0.6) is 0 Å². The summed E-state index contributed by atoms with van der Waals surface area (Å²) in [6.07, 6.45) is 10.9. The van der Waals surface area contributed by atoms with Gasteiger partial charge in [-0.1, -0.05) is 114 Å². The molecular formula is C25H43BOSi2. The van der Waals surface area contributed by atoms with Gasteiger partial charge in [0.1, 0.15) is 0 Å². The van der Waals surface area contributed by atoms with E-state index in [0.717, 1.165) is 11.6 Å². The molecule has 2 bridgehead atoms. The van der Waals surface area contributed by atoms with Gasteiger partial charge in [-0.2, -0.15) is 0 Å². The molecule has 2 aliphatic rings. The highest BCUT2D eigenvalue weighted by Crippen LogP contribution is 2.50. The van der Waals surface area contributed by atoms with Crippen LogP contribution < -0.4 is 0 Å². The van der Waals surface area contributed by atoms with Crippen molar-refractivity contribution < 1.29 is 4.65 Å². The molecule has 2 heterocycles. The largest absolute Gasteiger partial charge is 0.432 e. The van der Waals surface area contributed by atoms with Crippen LogP contribution in [0.25, 0.3) is 0 Å². The summed E-state index contributed by atoms with van der Waals surface area (Å²) in [5.74, 6) is 1.57. The molecule has 2 atom stereocenters. The van der Waals surface area contributed by atoms with Gasteiger partial charge in [0.25, 0.3) is 6.92 Å². The fourth-order valence-electron chi connectivity index (χ4n) is 6.27. The van der Waals surface area contributed by atoms with Crippen molar-refractivity contribution in [2.24, 2.45) is 0 Å². The quantitative estimate of drug-likeness (QED) is 0.304. The maximum atomic E-state index is 7.37. The summed E-state index contributed by atoms with van der Waals surface area (Å²) in [4.78, 5) is 0. The first-order valence-electron chi connectivity index (χ1n) is 11.9. The monoisotopic (exact) mass is 426 g/mol. The van der Waals surface area contributed by atoms with Crippen LogP contribution in [0.2, 0.25) is 57.0 Å². The number of hydrogen-bond donors (Lipinski definition) is 0. The molecule has 1 aromatic carbocycles. The first kappa shape index (κ1) is 23.1. The summed E-state index contributed by atoms with van der Waals surface area (Å²) < 4.78 is 7.37. The zero-order valence-electron chi connectivity index (χ0n) is 19.8. The number of rotatable bonds is 8. The van der Waals surface area contributed by atoms with Crippen molar-refractivity contribution in [2.45, 2.75) is 107 Å². The van der Waals surface area contributed by atoms with E-state index in [1.54, 1.807) is 0 Å². The van der Waals surface area contributed by atoms with Crippen LogP contribution in [0, 0.1) is 0 Å². The van der Waals surface area contributed by atoms with E-state index in [2.05, 4.69) is 82.3 Å². The smallest absolute Gasteiger partial charge is 0.299 e. The molecule has 0 N–H and O–H groups in total. The Balaban J connectivity index is 2.06. The molecule has 2 unspecified atom stereocenters. The van der Waals surface area contributed by atoms with Crippen LogP contribution in [-0.2, 0) is 9.69 Å². The summed E-state index contributed by atoms with van der Waals surface area (Å²) in [6.45, 7) is 20.0. The standard InChI is InChI=1S/C25H43BOSi2/c1-8-25(29(5,6)7,21-14-10-9-11-15-21)24(20-28(2,3)4)27-26-22-16-12-17-23(26)19-13-18-22/h8-11,14-15,22-24H,1,12-13,16-20H2,2-7H3. The molecule has 0 saturated carbocycles. The van der Waals surface area contributed by atoms with Crippen molar-refractivity contribution >= 4 is 23.1 Å². The minimum atomic E-state index is -1.68. The van der Waals surface area contributed by atoms with E-state index in [4.69, 9.17) is 4.65 Å². The molecule has 0 radical (unpaired) electrons. The number of benzene rings is 1. The minimum Gasteiger partial charge on any atom is -0.432 e. The molecule has 2 aliphatic heterocycles. The van der Waals surface area contributed by atoms with Gasteiger partial charge in [-0.3, -0.25) is 0 Å². The fourth-order valence-corrected chi connectivity index (χ4v) is 10.8. The zero-order valence-corrected chi connectivity index (χ0v) is 21.8. The molecule has 2 fully saturated rings. The van der Waals surface area contributed by atoms with Crippen LogP contribution in [0.1, 0.15) is 44.1 Å². The Morgan fingerprint density at radius 1 is 1.00 bits per heavy atom. The van der Waals surface area contributed by atoms with Gasteiger partial charge < -0.3 is 4.65 Å². The van der Waals surface area contributed by atoms with E-state index >= 15 is 0 Å². The Morgan fingerprint density at radius 2 is 1.52 bits per heavy atom. The van der Waals surface area contributed by atoms with Gasteiger partial charge in [-0.05, 0) is 23.2 Å². The normalized spacial score (nSPS) is 25.9. The molecule has 2 saturated heterocycles. The zero-order chi connectivity index (χ0) is 21.3. The SMILES string of the molecule is C=CC(c1ccccc1)(C(C[Si](C)(C)C)OB1C2CCCC1CCC2)[Si](C)(C)C. The second-order valence-electron chi connectivity index (χ2n) is 11.9. The number of hydrogen-bond acceptors (Lipinski definition) is 1. The molecule has 160 valence electrons. The lowest BCUT2D eigenvalue weighted by Crippen LogP contribution is -2.60. The third kappa shape index (κ3) is 4.85. The predicted octanol–water partition coefficient (Wildman–Crippen LogP) is 7.81. The second-order valence-corrected chi connectivity index (χ2v) is 22.8. The maximum absolute atomic E-state index is 7.37. The van der Waals surface area contributed by atoms with Crippen molar-refractivity contribution in [1.29, 1.82) is 0 Å². The molecule has 4 heteroatoms. The first-order chi connectivity index (χ1) is 13.6. The second kappa shape index (κ2) is 8.88. The van der Waals surface area contributed by atoms with E-state index in [0.29, 0.717) is 6.92 Å². The van der Waals surface area contributed by atoms with Gasteiger partial charge in [0.05, 0.1) is 8.07 Å². The highest BCUT2D eigenvalue weighted by Gasteiger charge is 2.52. The third-order valence-electron chi connectivity index (χ3n) is 7.67. The predicted molar refractivity (Wildman–Crippen MR) is 136 cm³/mol. The van der Waals surface area contributed by atoms with Crippen LogP contribution in [0.4, 0.5) is 0 Å². The van der Waals surface area contributed by atoms with Crippen molar-refractivity contribution in [3.8, 4) is 0 Å². The van der Waals surface area contributed by atoms with Gasteiger partial charge >= 0.3 is 0 Å². The van der Waals surface area contributed by atoms with Gasteiger partial charge in [0, 0.05) is 19.2 Å². The lowest BCUT2D eigenvalue weighted by molar-refractivity contribution is 0.159. The third-order valence-corrected chi connectivity index (χ3v) is 12.6. The summed E-state index contributed by atoms with van der Waals surface area (Å²) in [7, 11) is -3.01. The van der Waals surface area contributed by atoms with E-state index in [1.165, 1.54) is 50.1 Å². The average molecular weight is 427 g/mol. The summed E-state index contributed by atoms with van der Waals surface area (Å²) in [6, 6.07) is 12.4. The van der Waals surface area contributed by atoms with Crippen molar-refractivity contribution in [3.63, 3.8) is 0 Å². The van der Waals surface area contributed by atoms with Gasteiger partial charge in [-0.25, -0.2) is 0 Å². The first-order valence-corrected chi connectivity index (χ1v) is 19.1. The average Bonchev–Trinajstić information content (AvgIpc) is 2.61. The van der Waals surface area contributed by atoms with Crippen LogP contribution in [-0.4, -0.2) is 29.2 Å². The lowest BCUT2D eigenvalue weighted by atomic mass is 9.38. The summed E-state index contributed by atoms with van der Waals surface area (Å²) in [5, 5.41) is -0.0414. The molecule has 1 nitrogen and oxygen atoms in total. The molecule has 0 amide bonds. The van der Waals surface area contributed by atoms with Crippen molar-refractivity contribution in [3.05, 3.63) is 48.6 Å². The molecule has 0 spiro atoms. The van der Waals surface area contributed by atoms with Crippen LogP contribution in [0.3, 0.4) is 0 Å². The number of fused-ring (bicyclic) bond motifs is 2. The molecule has 3 rings (SSSR count). The summed E-state index contributed by atoms with van der Waals surface area (Å²) >= 11 is 0. The Bertz CT molecular complexity index is 656. The van der Waals surface area contributed by atoms with E-state index in [1.807, 2.05) is 0 Å². The summed E-state index contributed by atoms with van der Waals surface area (Å²) in [5.41, 5.74) is 1.43. The molecule has 1 aromatic rings. The van der Waals surface area contributed by atoms with E-state index < -0.39 is 16.1 Å².